The first-order chi connectivity index (χ1) is 13.7. The summed E-state index contributed by atoms with van der Waals surface area (Å²) in [5.74, 6) is 0.111. The monoisotopic (exact) mass is 473 g/mol. The van der Waals surface area contributed by atoms with Crippen LogP contribution in [0.4, 0.5) is 5.69 Å². The Labute approximate surface area is 191 Å². The molecule has 0 saturated carbocycles. The first-order valence-corrected chi connectivity index (χ1v) is 10.4. The van der Waals surface area contributed by atoms with Gasteiger partial charge in [-0.3, -0.25) is 4.79 Å². The lowest BCUT2D eigenvalue weighted by Gasteiger charge is -2.28. The number of carbonyl (C=O) groups excluding carboxylic acids is 1. The number of alkyl halides is 3. The van der Waals surface area contributed by atoms with Gasteiger partial charge in [0.15, 0.2) is 11.7 Å². The van der Waals surface area contributed by atoms with Gasteiger partial charge < -0.3 is 20.7 Å². The lowest BCUT2D eigenvalue weighted by Crippen LogP contribution is -2.57. The number of thiocarbonyl (C=S) groups is 1. The normalized spacial score (nSPS) is 12.0. The van der Waals surface area contributed by atoms with Gasteiger partial charge in [0.25, 0.3) is 5.91 Å². The van der Waals surface area contributed by atoms with Gasteiger partial charge in [-0.2, -0.15) is 0 Å². The molecule has 1 atom stereocenters. The highest BCUT2D eigenvalue weighted by Gasteiger charge is 2.34. The lowest BCUT2D eigenvalue weighted by atomic mass is 10.2. The third-order valence-corrected chi connectivity index (χ3v) is 4.88. The van der Waals surface area contributed by atoms with E-state index in [2.05, 4.69) is 22.9 Å². The summed E-state index contributed by atoms with van der Waals surface area (Å²) in [6, 6.07) is 15.1. The Kier molecular flexibility index (Phi) is 8.83. The van der Waals surface area contributed by atoms with Gasteiger partial charge in [-0.25, -0.2) is 0 Å². The molecule has 0 saturated heterocycles. The molecule has 0 spiro atoms. The molecule has 0 unspecified atom stereocenters. The number of amides is 1. The fourth-order valence-electron chi connectivity index (χ4n) is 2.38. The molecule has 2 aromatic rings. The van der Waals surface area contributed by atoms with Crippen molar-refractivity contribution in [1.82, 2.24) is 10.6 Å². The van der Waals surface area contributed by atoms with Crippen molar-refractivity contribution < 1.29 is 9.53 Å². The molecule has 29 heavy (non-hydrogen) atoms. The molecule has 0 bridgehead atoms. The first kappa shape index (κ1) is 23.5. The Morgan fingerprint density at radius 1 is 1.10 bits per heavy atom. The highest BCUT2D eigenvalue weighted by molar-refractivity contribution is 7.80. The van der Waals surface area contributed by atoms with Crippen molar-refractivity contribution in [2.45, 2.75) is 30.2 Å². The summed E-state index contributed by atoms with van der Waals surface area (Å²) < 4.78 is 3.64. The molecule has 1 amide bonds. The number of benzene rings is 2. The van der Waals surface area contributed by atoms with Gasteiger partial charge in [0.1, 0.15) is 11.9 Å². The lowest BCUT2D eigenvalue weighted by molar-refractivity contribution is -0.123. The maximum Gasteiger partial charge on any atom is 0.259 e. The highest BCUT2D eigenvalue weighted by atomic mass is 35.6. The zero-order valence-electron chi connectivity index (χ0n) is 16.0. The second-order valence-corrected chi connectivity index (χ2v) is 9.02. The molecule has 0 radical (unpaired) electrons. The van der Waals surface area contributed by atoms with Crippen molar-refractivity contribution in [3.05, 3.63) is 59.7 Å². The topological polar surface area (TPSA) is 62.4 Å². The van der Waals surface area contributed by atoms with E-state index in [9.17, 15) is 4.79 Å². The molecular weight excluding hydrogens is 453 g/mol. The standard InChI is InChI=1S/C20H22Cl3N3O2S/c1-3-14-8-10-15(11-9-14)28-12-17(27)25-18(20(21,22)23)26-19(29)24-16-7-5-4-6-13(16)2/h4-11,18H,3,12H2,1-2H3,(H,25,27)(H2,24,26,29)/t18-/m1/s1. The minimum atomic E-state index is -1.84. The molecule has 5 nitrogen and oxygen atoms in total. The maximum atomic E-state index is 12.3. The predicted octanol–water partition coefficient (Wildman–Crippen LogP) is 4.74. The number of nitrogens with one attached hydrogen (secondary N) is 3. The molecule has 2 aromatic carbocycles. The molecular formula is C20H22Cl3N3O2S. The molecule has 3 N–H and O–H groups in total. The van der Waals surface area contributed by atoms with Crippen molar-refractivity contribution in [2.75, 3.05) is 11.9 Å². The van der Waals surface area contributed by atoms with Crippen LogP contribution in [0.5, 0.6) is 5.75 Å². The van der Waals surface area contributed by atoms with Crippen LogP contribution in [0.1, 0.15) is 18.1 Å². The summed E-state index contributed by atoms with van der Waals surface area (Å²) in [5, 5.41) is 8.61. The molecule has 0 fully saturated rings. The number of aryl methyl sites for hydroxylation is 2. The van der Waals surface area contributed by atoms with E-state index in [0.717, 1.165) is 17.7 Å². The van der Waals surface area contributed by atoms with E-state index >= 15 is 0 Å². The number of carbonyl (C=O) groups is 1. The number of rotatable bonds is 7. The first-order valence-electron chi connectivity index (χ1n) is 8.90. The Morgan fingerprint density at radius 3 is 2.34 bits per heavy atom. The van der Waals surface area contributed by atoms with Crippen LogP contribution in [-0.2, 0) is 11.2 Å². The average molecular weight is 475 g/mol. The number of hydrogen-bond acceptors (Lipinski definition) is 3. The number of anilines is 1. The van der Waals surface area contributed by atoms with Gasteiger partial charge in [-0.1, -0.05) is 72.1 Å². The van der Waals surface area contributed by atoms with Crippen LogP contribution in [0, 0.1) is 6.92 Å². The SMILES string of the molecule is CCc1ccc(OCC(=O)N[C@H](NC(=S)Nc2ccccc2C)C(Cl)(Cl)Cl)cc1. The summed E-state index contributed by atoms with van der Waals surface area (Å²) in [7, 11) is 0. The van der Waals surface area contributed by atoms with Crippen molar-refractivity contribution >= 4 is 63.7 Å². The summed E-state index contributed by atoms with van der Waals surface area (Å²) in [5.41, 5.74) is 2.98. The summed E-state index contributed by atoms with van der Waals surface area (Å²) in [4.78, 5) is 12.3. The third-order valence-electron chi connectivity index (χ3n) is 4.00. The molecule has 156 valence electrons. The van der Waals surface area contributed by atoms with Gasteiger partial charge in [0.05, 0.1) is 0 Å². The smallest absolute Gasteiger partial charge is 0.259 e. The van der Waals surface area contributed by atoms with E-state index in [0.29, 0.717) is 5.75 Å². The molecule has 0 aliphatic carbocycles. The molecule has 2 rings (SSSR count). The Bertz CT molecular complexity index is 842. The molecule has 0 aliphatic rings. The largest absolute Gasteiger partial charge is 0.484 e. The molecule has 0 aromatic heterocycles. The van der Waals surface area contributed by atoms with Gasteiger partial charge in [-0.15, -0.1) is 0 Å². The number of para-hydroxylation sites is 1. The summed E-state index contributed by atoms with van der Waals surface area (Å²) in [6.07, 6.45) is -0.136. The van der Waals surface area contributed by atoms with Crippen molar-refractivity contribution in [3.8, 4) is 5.75 Å². The van der Waals surface area contributed by atoms with Gasteiger partial charge >= 0.3 is 0 Å². The van der Waals surface area contributed by atoms with Crippen LogP contribution in [0.25, 0.3) is 0 Å². The zero-order chi connectivity index (χ0) is 21.4. The van der Waals surface area contributed by atoms with E-state index < -0.39 is 15.9 Å². The van der Waals surface area contributed by atoms with E-state index in [1.807, 2.05) is 43.3 Å². The second kappa shape index (κ2) is 10.9. The molecule has 9 heteroatoms. The highest BCUT2D eigenvalue weighted by Crippen LogP contribution is 2.29. The van der Waals surface area contributed by atoms with E-state index in [4.69, 9.17) is 51.8 Å². The maximum absolute atomic E-state index is 12.3. The van der Waals surface area contributed by atoms with Gasteiger partial charge in [0.2, 0.25) is 3.79 Å². The number of ether oxygens (including phenoxy) is 1. The van der Waals surface area contributed by atoms with Crippen LogP contribution in [0.2, 0.25) is 0 Å². The van der Waals surface area contributed by atoms with E-state index in [-0.39, 0.29) is 11.7 Å². The average Bonchev–Trinajstić information content (AvgIpc) is 2.67. The fraction of sp³-hybridized carbons (Fsp3) is 0.300. The Balaban J connectivity index is 1.92. The van der Waals surface area contributed by atoms with Crippen molar-refractivity contribution in [2.24, 2.45) is 0 Å². The van der Waals surface area contributed by atoms with Crippen LogP contribution in [0.3, 0.4) is 0 Å². The Hall–Kier alpha value is -1.73. The molecule has 0 aliphatic heterocycles. The van der Waals surface area contributed by atoms with Crippen LogP contribution in [0.15, 0.2) is 48.5 Å². The van der Waals surface area contributed by atoms with Gasteiger partial charge in [0, 0.05) is 5.69 Å². The van der Waals surface area contributed by atoms with Crippen molar-refractivity contribution in [1.29, 1.82) is 0 Å². The van der Waals surface area contributed by atoms with Crippen molar-refractivity contribution in [3.63, 3.8) is 0 Å². The van der Waals surface area contributed by atoms with Crippen LogP contribution >= 0.6 is 47.0 Å². The third kappa shape index (κ3) is 7.90. The fourth-order valence-corrected chi connectivity index (χ4v) is 2.93. The van der Waals surface area contributed by atoms with E-state index in [1.54, 1.807) is 12.1 Å². The van der Waals surface area contributed by atoms with Crippen LogP contribution < -0.4 is 20.7 Å². The number of hydrogen-bond donors (Lipinski definition) is 3. The quantitative estimate of drug-likeness (QED) is 0.307. The molecule has 0 heterocycles. The summed E-state index contributed by atoms with van der Waals surface area (Å²) >= 11 is 23.3. The number of halogens is 3. The minimum absolute atomic E-state index is 0.201. The zero-order valence-corrected chi connectivity index (χ0v) is 19.1. The Morgan fingerprint density at radius 2 is 1.76 bits per heavy atom. The summed E-state index contributed by atoms with van der Waals surface area (Å²) in [6.45, 7) is 3.76. The minimum Gasteiger partial charge on any atom is -0.484 e. The van der Waals surface area contributed by atoms with Gasteiger partial charge in [-0.05, 0) is 54.9 Å². The van der Waals surface area contributed by atoms with E-state index in [1.165, 1.54) is 5.56 Å². The van der Waals surface area contributed by atoms with Crippen LogP contribution in [-0.4, -0.2) is 27.6 Å². The second-order valence-electron chi connectivity index (χ2n) is 6.24. The predicted molar refractivity (Wildman–Crippen MR) is 124 cm³/mol.